The molecule has 1 rings (SSSR count). The first-order valence-electron chi connectivity index (χ1n) is 10.4. The highest BCUT2D eigenvalue weighted by atomic mass is 16.4. The van der Waals surface area contributed by atoms with Crippen LogP contribution in [-0.2, 0) is 9.59 Å². The summed E-state index contributed by atoms with van der Waals surface area (Å²) in [6.45, 7) is 4.10. The van der Waals surface area contributed by atoms with E-state index in [-0.39, 0.29) is 23.7 Å². The maximum absolute atomic E-state index is 11.6. The summed E-state index contributed by atoms with van der Waals surface area (Å²) in [6.07, 6.45) is 14.9. The van der Waals surface area contributed by atoms with E-state index in [1.54, 1.807) is 0 Å². The lowest BCUT2D eigenvalue weighted by Gasteiger charge is -2.30. The first-order valence-corrected chi connectivity index (χ1v) is 10.4. The molecule has 2 N–H and O–H groups in total. The molecule has 25 heavy (non-hydrogen) atoms. The molecule has 1 aliphatic carbocycles. The topological polar surface area (TPSA) is 74.6 Å². The highest BCUT2D eigenvalue weighted by molar-refractivity contribution is 5.70. The van der Waals surface area contributed by atoms with Crippen molar-refractivity contribution < 1.29 is 19.8 Å². The molecule has 2 unspecified atom stereocenters. The summed E-state index contributed by atoms with van der Waals surface area (Å²) in [5.41, 5.74) is 0.227. The van der Waals surface area contributed by atoms with Gasteiger partial charge >= 0.3 is 11.9 Å². The van der Waals surface area contributed by atoms with Gasteiger partial charge in [0.05, 0.1) is 5.92 Å². The van der Waals surface area contributed by atoms with Crippen LogP contribution in [0.3, 0.4) is 0 Å². The molecular weight excluding hydrogens is 316 g/mol. The van der Waals surface area contributed by atoms with Gasteiger partial charge in [-0.1, -0.05) is 65.2 Å². The molecule has 0 aromatic heterocycles. The number of rotatable bonds is 16. The summed E-state index contributed by atoms with van der Waals surface area (Å²) in [5, 5.41) is 18.2. The van der Waals surface area contributed by atoms with E-state index in [1.165, 1.54) is 32.1 Å². The van der Waals surface area contributed by atoms with Crippen LogP contribution in [0.5, 0.6) is 0 Å². The second-order valence-corrected chi connectivity index (χ2v) is 8.11. The monoisotopic (exact) mass is 354 g/mol. The van der Waals surface area contributed by atoms with Gasteiger partial charge in [-0.15, -0.1) is 0 Å². The van der Waals surface area contributed by atoms with E-state index in [4.69, 9.17) is 5.11 Å². The Balaban J connectivity index is 2.42. The Hall–Kier alpha value is -1.06. The molecule has 0 spiro atoms. The number of hydrogen-bond acceptors (Lipinski definition) is 2. The van der Waals surface area contributed by atoms with Gasteiger partial charge in [0.15, 0.2) is 0 Å². The first-order chi connectivity index (χ1) is 11.9. The zero-order valence-electron chi connectivity index (χ0n) is 16.3. The predicted octanol–water partition coefficient (Wildman–Crippen LogP) is 5.89. The lowest BCUT2D eigenvalue weighted by atomic mass is 9.74. The zero-order valence-corrected chi connectivity index (χ0v) is 16.3. The van der Waals surface area contributed by atoms with Crippen LogP contribution in [0.25, 0.3) is 0 Å². The van der Waals surface area contributed by atoms with Crippen molar-refractivity contribution in [1.82, 2.24) is 0 Å². The van der Waals surface area contributed by atoms with Gasteiger partial charge < -0.3 is 10.2 Å². The van der Waals surface area contributed by atoms with Gasteiger partial charge in [0.1, 0.15) is 0 Å². The van der Waals surface area contributed by atoms with Crippen molar-refractivity contribution in [1.29, 1.82) is 0 Å². The molecule has 1 fully saturated rings. The van der Waals surface area contributed by atoms with Crippen molar-refractivity contribution in [3.05, 3.63) is 0 Å². The molecule has 2 atom stereocenters. The molecule has 0 aromatic rings. The van der Waals surface area contributed by atoms with E-state index in [0.717, 1.165) is 51.4 Å². The predicted molar refractivity (Wildman–Crippen MR) is 101 cm³/mol. The number of carboxylic acids is 2. The highest BCUT2D eigenvalue weighted by Crippen LogP contribution is 2.59. The lowest BCUT2D eigenvalue weighted by Crippen LogP contribution is -2.29. The van der Waals surface area contributed by atoms with Gasteiger partial charge in [-0.05, 0) is 43.4 Å². The molecule has 146 valence electrons. The third-order valence-corrected chi connectivity index (χ3v) is 6.11. The molecule has 0 aromatic carbocycles. The van der Waals surface area contributed by atoms with Crippen LogP contribution in [0, 0.1) is 17.3 Å². The second kappa shape index (κ2) is 11.5. The molecule has 0 aliphatic heterocycles. The van der Waals surface area contributed by atoms with Crippen molar-refractivity contribution in [2.24, 2.45) is 17.3 Å². The number of hydrogen-bond donors (Lipinski definition) is 2. The van der Waals surface area contributed by atoms with E-state index < -0.39 is 11.9 Å². The summed E-state index contributed by atoms with van der Waals surface area (Å²) in [4.78, 5) is 22.2. The molecule has 4 heteroatoms. The molecule has 1 aliphatic rings. The maximum atomic E-state index is 11.6. The largest absolute Gasteiger partial charge is 0.481 e. The minimum absolute atomic E-state index is 0.227. The number of carbonyl (C=O) groups is 2. The fraction of sp³-hybridized carbons (Fsp3) is 0.905. The van der Waals surface area contributed by atoms with Gasteiger partial charge in [0.25, 0.3) is 0 Å². The normalized spacial score (nSPS) is 17.8. The Kier molecular flexibility index (Phi) is 10.1. The summed E-state index contributed by atoms with van der Waals surface area (Å²) in [7, 11) is 0. The highest BCUT2D eigenvalue weighted by Gasteiger charge is 2.50. The van der Waals surface area contributed by atoms with Crippen LogP contribution in [-0.4, -0.2) is 22.2 Å². The Labute approximate surface area is 153 Å². The van der Waals surface area contributed by atoms with Gasteiger partial charge in [0.2, 0.25) is 0 Å². The minimum Gasteiger partial charge on any atom is -0.481 e. The fourth-order valence-corrected chi connectivity index (χ4v) is 4.30. The number of carboxylic acid groups (broad SMARTS) is 2. The molecule has 0 saturated heterocycles. The second-order valence-electron chi connectivity index (χ2n) is 8.11. The van der Waals surface area contributed by atoms with Crippen molar-refractivity contribution in [2.75, 3.05) is 0 Å². The Bertz CT molecular complexity index is 401. The quantitative estimate of drug-likeness (QED) is 0.339. The van der Waals surface area contributed by atoms with Crippen LogP contribution in [0.1, 0.15) is 104 Å². The van der Waals surface area contributed by atoms with Crippen LogP contribution in [0.2, 0.25) is 0 Å². The summed E-state index contributed by atoms with van der Waals surface area (Å²) < 4.78 is 0. The first kappa shape index (κ1) is 22.0. The van der Waals surface area contributed by atoms with E-state index >= 15 is 0 Å². The van der Waals surface area contributed by atoms with Crippen molar-refractivity contribution in [3.8, 4) is 0 Å². The van der Waals surface area contributed by atoms with Crippen molar-refractivity contribution >= 4 is 11.9 Å². The van der Waals surface area contributed by atoms with E-state index in [1.807, 2.05) is 6.92 Å². The third kappa shape index (κ3) is 8.24. The Morgan fingerprint density at radius 3 is 2.08 bits per heavy atom. The van der Waals surface area contributed by atoms with E-state index in [2.05, 4.69) is 6.92 Å². The van der Waals surface area contributed by atoms with Crippen LogP contribution < -0.4 is 0 Å². The number of aliphatic carboxylic acids is 2. The van der Waals surface area contributed by atoms with Crippen molar-refractivity contribution in [3.63, 3.8) is 0 Å². The standard InChI is InChI=1S/C21H38O4/c1-3-4-5-6-7-9-12-18(17(2)20(24)25)21(15-16-21)14-11-8-10-13-19(22)23/h17-18H,3-16H2,1-2H3,(H,22,23)(H,24,25). The maximum Gasteiger partial charge on any atom is 0.306 e. The smallest absolute Gasteiger partial charge is 0.306 e. The van der Waals surface area contributed by atoms with Gasteiger partial charge in [-0.2, -0.15) is 0 Å². The lowest BCUT2D eigenvalue weighted by molar-refractivity contribution is -0.144. The molecule has 1 saturated carbocycles. The van der Waals surface area contributed by atoms with Crippen LogP contribution in [0.4, 0.5) is 0 Å². The average molecular weight is 355 g/mol. The summed E-state index contributed by atoms with van der Waals surface area (Å²) in [6, 6.07) is 0. The van der Waals surface area contributed by atoms with Gasteiger partial charge in [-0.25, -0.2) is 0 Å². The Morgan fingerprint density at radius 1 is 0.920 bits per heavy atom. The SMILES string of the molecule is CCCCCCCCC(C(C)C(=O)O)C1(CCCCCC(=O)O)CC1. The molecule has 4 nitrogen and oxygen atoms in total. The van der Waals surface area contributed by atoms with Crippen LogP contribution >= 0.6 is 0 Å². The minimum atomic E-state index is -0.721. The number of unbranched alkanes of at least 4 members (excludes halogenated alkanes) is 7. The van der Waals surface area contributed by atoms with Gasteiger partial charge in [0, 0.05) is 6.42 Å². The third-order valence-electron chi connectivity index (χ3n) is 6.11. The molecule has 0 radical (unpaired) electrons. The Morgan fingerprint density at radius 2 is 1.52 bits per heavy atom. The zero-order chi connectivity index (χ0) is 18.7. The summed E-state index contributed by atoms with van der Waals surface area (Å²) in [5.74, 6) is -1.36. The van der Waals surface area contributed by atoms with Crippen molar-refractivity contribution in [2.45, 2.75) is 104 Å². The molecule has 0 heterocycles. The summed E-state index contributed by atoms with van der Waals surface area (Å²) >= 11 is 0. The molecule has 0 bridgehead atoms. The van der Waals surface area contributed by atoms with E-state index in [0.29, 0.717) is 0 Å². The average Bonchev–Trinajstić information content (AvgIpc) is 3.33. The van der Waals surface area contributed by atoms with Gasteiger partial charge in [-0.3, -0.25) is 9.59 Å². The fourth-order valence-electron chi connectivity index (χ4n) is 4.30. The van der Waals surface area contributed by atoms with Crippen LogP contribution in [0.15, 0.2) is 0 Å². The molecular formula is C21H38O4. The van der Waals surface area contributed by atoms with E-state index in [9.17, 15) is 14.7 Å². The molecule has 0 amide bonds.